The summed E-state index contributed by atoms with van der Waals surface area (Å²) >= 11 is 0. The maximum atomic E-state index is 14.3. The van der Waals surface area contributed by atoms with Crippen LogP contribution in [0.2, 0.25) is 0 Å². The van der Waals surface area contributed by atoms with Gasteiger partial charge in [-0.15, -0.1) is 0 Å². The molecule has 2 atom stereocenters. The molecular formula is C50H58F4N8O10. The van der Waals surface area contributed by atoms with Crippen molar-refractivity contribution in [2.75, 3.05) is 58.5 Å². The number of hydrogen-bond donors (Lipinski definition) is 5. The quantitative estimate of drug-likeness (QED) is 0.0444. The second-order valence-electron chi connectivity index (χ2n) is 18.2. The second-order valence-corrected chi connectivity index (χ2v) is 18.2. The predicted octanol–water partition coefficient (Wildman–Crippen LogP) is 5.71. The van der Waals surface area contributed by atoms with Gasteiger partial charge in [0.05, 0.1) is 37.3 Å². The van der Waals surface area contributed by atoms with Gasteiger partial charge in [0.1, 0.15) is 11.4 Å². The van der Waals surface area contributed by atoms with Gasteiger partial charge < -0.3 is 50.1 Å². The Labute approximate surface area is 412 Å². The third kappa shape index (κ3) is 14.8. The molecule has 1 saturated heterocycles. The fourth-order valence-electron chi connectivity index (χ4n) is 8.93. The van der Waals surface area contributed by atoms with E-state index in [0.29, 0.717) is 69.9 Å². The van der Waals surface area contributed by atoms with Crippen LogP contribution in [0.25, 0.3) is 0 Å². The first-order chi connectivity index (χ1) is 34.6. The van der Waals surface area contributed by atoms with Crippen molar-refractivity contribution < 1.29 is 60.5 Å². The summed E-state index contributed by atoms with van der Waals surface area (Å²) in [5, 5.41) is 11.1. The lowest BCUT2D eigenvalue weighted by Crippen LogP contribution is -2.49. The SMILES string of the molecule is CN1C(=O)C[C@H](C(=O)NCCOCC2CCC(COCCC(=O)NC3CC(C(=O)NCCCOc4cc(F)ccc4Oc4ncc(C(F)(F)F)cc4C(=O)Nc4cc[nH]c(=O)c4)C3)CC2)[C@H]1c1cccnc1. The molecule has 5 amide bonds. The molecule has 2 aliphatic carbocycles. The number of carbonyl (C=O) groups is 5. The predicted molar refractivity (Wildman–Crippen MR) is 251 cm³/mol. The molecule has 22 heteroatoms. The summed E-state index contributed by atoms with van der Waals surface area (Å²) in [7, 11) is 1.71. The number of nitrogens with one attached hydrogen (secondary N) is 5. The molecule has 3 aromatic heterocycles. The number of aromatic nitrogens is 3. The molecule has 18 nitrogen and oxygen atoms in total. The Morgan fingerprint density at radius 3 is 2.31 bits per heavy atom. The zero-order valence-electron chi connectivity index (χ0n) is 39.6. The zero-order chi connectivity index (χ0) is 51.2. The minimum Gasteiger partial charge on any atom is -0.489 e. The molecule has 4 aromatic rings. The van der Waals surface area contributed by atoms with Crippen LogP contribution in [0, 0.1) is 29.5 Å². The van der Waals surface area contributed by atoms with E-state index in [1.807, 2.05) is 6.07 Å². The van der Waals surface area contributed by atoms with Crippen LogP contribution in [0.5, 0.6) is 17.4 Å². The highest BCUT2D eigenvalue weighted by Crippen LogP contribution is 2.38. The first kappa shape index (κ1) is 52.9. The van der Waals surface area contributed by atoms with Crippen LogP contribution in [-0.4, -0.2) is 109 Å². The minimum absolute atomic E-state index is 0.00138. The maximum absolute atomic E-state index is 14.3. The number of rotatable bonds is 23. The van der Waals surface area contributed by atoms with Crippen LogP contribution in [0.4, 0.5) is 23.2 Å². The number of likely N-dealkylation sites (tertiary alicyclic amines) is 1. The molecule has 0 radical (unpaired) electrons. The fourth-order valence-corrected chi connectivity index (χ4v) is 8.93. The number of alkyl halides is 3. The number of carbonyl (C=O) groups excluding carboxylic acids is 5. The third-order valence-electron chi connectivity index (χ3n) is 13.0. The minimum atomic E-state index is -4.85. The lowest BCUT2D eigenvalue weighted by molar-refractivity contribution is -0.138. The Morgan fingerprint density at radius 2 is 1.60 bits per heavy atom. The highest BCUT2D eigenvalue weighted by atomic mass is 19.4. The maximum Gasteiger partial charge on any atom is 0.417 e. The zero-order valence-corrected chi connectivity index (χ0v) is 39.6. The van der Waals surface area contributed by atoms with Gasteiger partial charge in [-0.25, -0.2) is 9.37 Å². The van der Waals surface area contributed by atoms with E-state index in [4.69, 9.17) is 18.9 Å². The van der Waals surface area contributed by atoms with E-state index < -0.39 is 46.4 Å². The number of amides is 5. The average Bonchev–Trinajstić information content (AvgIpc) is 3.65. The van der Waals surface area contributed by atoms with Gasteiger partial charge in [-0.2, -0.15) is 13.2 Å². The summed E-state index contributed by atoms with van der Waals surface area (Å²) in [6, 6.07) is 9.25. The van der Waals surface area contributed by atoms with E-state index in [-0.39, 0.29) is 91.2 Å². The monoisotopic (exact) mass is 1010 g/mol. The number of hydrogen-bond acceptors (Lipinski definition) is 12. The van der Waals surface area contributed by atoms with E-state index in [1.54, 1.807) is 30.4 Å². The third-order valence-corrected chi connectivity index (χ3v) is 13.0. The van der Waals surface area contributed by atoms with Crippen LogP contribution in [-0.2, 0) is 34.8 Å². The topological polar surface area (TPSA) is 232 Å². The molecule has 72 heavy (non-hydrogen) atoms. The highest BCUT2D eigenvalue weighted by Gasteiger charge is 2.43. The molecule has 7 rings (SSSR count). The summed E-state index contributed by atoms with van der Waals surface area (Å²) in [5.74, 6) is -3.14. The van der Waals surface area contributed by atoms with E-state index in [1.165, 1.54) is 12.3 Å². The van der Waals surface area contributed by atoms with Crippen molar-refractivity contribution in [3.8, 4) is 17.4 Å². The Bertz CT molecular complexity index is 2570. The van der Waals surface area contributed by atoms with Gasteiger partial charge in [-0.05, 0) is 92.7 Å². The first-order valence-electron chi connectivity index (χ1n) is 23.9. The van der Waals surface area contributed by atoms with Crippen LogP contribution in [0.15, 0.2) is 78.1 Å². The second kappa shape index (κ2) is 24.9. The van der Waals surface area contributed by atoms with E-state index in [2.05, 4.69) is 36.2 Å². The van der Waals surface area contributed by atoms with E-state index >= 15 is 0 Å². The summed E-state index contributed by atoms with van der Waals surface area (Å²) in [5.41, 5.74) is -1.59. The Balaban J connectivity index is 0.725. The number of pyridine rings is 3. The van der Waals surface area contributed by atoms with Gasteiger partial charge in [0, 0.05) is 101 Å². The molecule has 0 bridgehead atoms. The van der Waals surface area contributed by atoms with Crippen LogP contribution in [0.1, 0.15) is 85.3 Å². The number of nitrogens with zero attached hydrogens (tertiary/aromatic N) is 3. The summed E-state index contributed by atoms with van der Waals surface area (Å²) in [4.78, 5) is 87.4. The van der Waals surface area contributed by atoms with Gasteiger partial charge in [0.15, 0.2) is 11.5 Å². The normalized spacial score (nSPS) is 20.8. The van der Waals surface area contributed by atoms with Crippen molar-refractivity contribution >= 4 is 35.2 Å². The molecule has 2 saturated carbocycles. The molecular weight excluding hydrogens is 949 g/mol. The van der Waals surface area contributed by atoms with Crippen LogP contribution in [0.3, 0.4) is 0 Å². The number of anilines is 1. The molecule has 386 valence electrons. The molecule has 1 aromatic carbocycles. The largest absolute Gasteiger partial charge is 0.489 e. The van der Waals surface area contributed by atoms with Crippen LogP contribution < -0.4 is 36.3 Å². The van der Waals surface area contributed by atoms with Crippen LogP contribution >= 0.6 is 0 Å². The molecule has 0 unspecified atom stereocenters. The van der Waals surface area contributed by atoms with Crippen molar-refractivity contribution in [3.05, 3.63) is 106 Å². The van der Waals surface area contributed by atoms with Crippen molar-refractivity contribution in [1.82, 2.24) is 35.8 Å². The molecule has 5 N–H and O–H groups in total. The number of H-pyrrole nitrogens is 1. The summed E-state index contributed by atoms with van der Waals surface area (Å²) in [6.07, 6.45) is 5.82. The van der Waals surface area contributed by atoms with Gasteiger partial charge in [0.25, 0.3) is 5.91 Å². The van der Waals surface area contributed by atoms with E-state index in [0.717, 1.165) is 55.5 Å². The summed E-state index contributed by atoms with van der Waals surface area (Å²) < 4.78 is 78.2. The fraction of sp³-hybridized carbons (Fsp3) is 0.480. The average molecular weight is 1010 g/mol. The lowest BCUT2D eigenvalue weighted by Gasteiger charge is -2.34. The number of benzene rings is 1. The Morgan fingerprint density at radius 1 is 0.861 bits per heavy atom. The molecule has 3 aliphatic rings. The highest BCUT2D eigenvalue weighted by molar-refractivity contribution is 6.06. The number of aromatic amines is 1. The molecule has 4 heterocycles. The Hall–Kier alpha value is -6.94. The summed E-state index contributed by atoms with van der Waals surface area (Å²) in [6.45, 7) is 2.40. The Kier molecular flexibility index (Phi) is 18.3. The van der Waals surface area contributed by atoms with Gasteiger partial charge in [0.2, 0.25) is 35.1 Å². The van der Waals surface area contributed by atoms with Gasteiger partial charge >= 0.3 is 6.18 Å². The van der Waals surface area contributed by atoms with Crippen molar-refractivity contribution in [2.24, 2.45) is 23.7 Å². The van der Waals surface area contributed by atoms with Crippen molar-refractivity contribution in [3.63, 3.8) is 0 Å². The van der Waals surface area contributed by atoms with Gasteiger partial charge in [-0.1, -0.05) is 6.07 Å². The van der Waals surface area contributed by atoms with Gasteiger partial charge in [-0.3, -0.25) is 33.8 Å². The standard InChI is InChI=1S/C50H58F4N8O10/c1-62-44(65)25-38(45(62)32-4-2-13-55-26-32)47(67)58-16-19-70-29-31-7-5-30(6-8-31)28-69-18-12-42(63)60-37-20-33(21-37)46(66)57-14-3-17-71-41-23-35(51)9-10-40(41)72-49-39(22-34(27-59-49)50(52,53)54)48(68)61-36-11-15-56-43(64)24-36/h2,4,9-11,13,15,22-24,26-27,30-31,33,37-38,45H,3,5-8,12,14,16-21,25,28-29H2,1H3,(H,57,66)(H,58,67)(H,60,63)(H2,56,61,64,68)/t30?,31?,33?,37?,38-,45+/m0/s1. The van der Waals surface area contributed by atoms with Crippen molar-refractivity contribution in [2.45, 2.75) is 76.0 Å². The number of halogens is 4. The lowest BCUT2D eigenvalue weighted by atomic mass is 9.79. The molecule has 3 fully saturated rings. The smallest absolute Gasteiger partial charge is 0.417 e. The molecule has 0 spiro atoms. The molecule has 1 aliphatic heterocycles. The number of ether oxygens (including phenoxy) is 4. The van der Waals surface area contributed by atoms with Crippen molar-refractivity contribution in [1.29, 1.82) is 0 Å². The first-order valence-corrected chi connectivity index (χ1v) is 23.9. The van der Waals surface area contributed by atoms with E-state index in [9.17, 15) is 46.3 Å².